The number of ketones is 1. The molecule has 0 aliphatic heterocycles. The molecule has 0 rings (SSSR count). The van der Waals surface area contributed by atoms with Crippen LogP contribution in [0.4, 0.5) is 0 Å². The van der Waals surface area contributed by atoms with Gasteiger partial charge in [0.1, 0.15) is 30.7 Å². The zero-order valence-corrected chi connectivity index (χ0v) is 49.5. The highest BCUT2D eigenvalue weighted by molar-refractivity contribution is 5.79. The molecule has 2 atom stereocenters. The highest BCUT2D eigenvalue weighted by Gasteiger charge is 2.06. The Hall–Kier alpha value is -2.78. The summed E-state index contributed by atoms with van der Waals surface area (Å²) in [5, 5.41) is 10.8. The van der Waals surface area contributed by atoms with Gasteiger partial charge in [0.2, 0.25) is 11.8 Å². The normalized spacial score (nSPS) is 8.37. The zero-order chi connectivity index (χ0) is 53.1. The Morgan fingerprint density at radius 3 is 0.957 bits per heavy atom. The minimum absolute atomic E-state index is 0. The lowest BCUT2D eigenvalue weighted by molar-refractivity contribution is -0.121. The van der Waals surface area contributed by atoms with Crippen molar-refractivity contribution in [3.05, 3.63) is 0 Å². The number of carbonyl (C=O) groups excluding carboxylic acids is 6. The molecule has 0 aliphatic carbocycles. The molecule has 18 heteroatoms. The van der Waals surface area contributed by atoms with Gasteiger partial charge in [-0.2, -0.15) is 0 Å². The number of aldehydes is 3. The van der Waals surface area contributed by atoms with Crippen molar-refractivity contribution in [2.75, 3.05) is 26.7 Å². The van der Waals surface area contributed by atoms with E-state index in [1.165, 1.54) is 143 Å². The average Bonchev–Trinajstić information content (AvgIpc) is 3.28. The Morgan fingerprint density at radius 2 is 0.786 bits per heavy atom. The number of unbranched alkanes of at least 4 members (excludes halogenated alkanes) is 18. The summed E-state index contributed by atoms with van der Waals surface area (Å²) in [4.78, 5) is 59.0. The van der Waals surface area contributed by atoms with Crippen LogP contribution >= 0.6 is 0 Å². The van der Waals surface area contributed by atoms with Crippen LogP contribution in [0.1, 0.15) is 265 Å². The first-order valence-corrected chi connectivity index (χ1v) is 25.6. The van der Waals surface area contributed by atoms with Gasteiger partial charge in [0.25, 0.3) is 0 Å². The summed E-state index contributed by atoms with van der Waals surface area (Å²) >= 11 is 0. The van der Waals surface area contributed by atoms with Crippen molar-refractivity contribution < 1.29 is 66.7 Å². The average molecular weight is 1040 g/mol. The summed E-state index contributed by atoms with van der Waals surface area (Å²) in [6.45, 7) is 33.8. The molecule has 0 saturated heterocycles. The monoisotopic (exact) mass is 1040 g/mol. The van der Waals surface area contributed by atoms with Gasteiger partial charge in [-0.05, 0) is 53.6 Å². The number of aliphatic hydroxyl groups excluding tert-OH is 1. The second-order valence-corrected chi connectivity index (χ2v) is 13.6. The molecular weight excluding hydrogens is 903 g/mol. The summed E-state index contributed by atoms with van der Waals surface area (Å²) in [7, 11) is 1.50. The fraction of sp³-hybridized carbons (Fsp3) is 0.885. The maximum absolute atomic E-state index is 10.8. The minimum Gasteiger partial charge on any atom is -0.412 e. The summed E-state index contributed by atoms with van der Waals surface area (Å²) in [5.41, 5.74) is 18.9. The van der Waals surface area contributed by atoms with Gasteiger partial charge in [0.15, 0.2) is 0 Å². The number of primary amides is 1. The Balaban J connectivity index is -0.0000000300. The molecule has 444 valence electrons. The Morgan fingerprint density at radius 1 is 0.543 bits per heavy atom. The Bertz CT molecular complexity index is 753. The highest BCUT2D eigenvalue weighted by atomic mass is 16.3. The van der Waals surface area contributed by atoms with E-state index in [1.54, 1.807) is 6.92 Å². The molecule has 0 radical (unpaired) electrons. The molecule has 0 aliphatic rings. The molecular formula is C52H133N5O13. The number of hydrogen-bond donors (Lipinski definition) is 6. The van der Waals surface area contributed by atoms with Crippen LogP contribution in [0.15, 0.2) is 0 Å². The quantitative estimate of drug-likeness (QED) is 0.0367. The number of amides is 2. The molecule has 0 heterocycles. The van der Waals surface area contributed by atoms with Gasteiger partial charge in [-0.25, -0.2) is 0 Å². The van der Waals surface area contributed by atoms with Crippen LogP contribution in [0.5, 0.6) is 0 Å². The Labute approximate surface area is 434 Å². The van der Waals surface area contributed by atoms with Gasteiger partial charge >= 0.3 is 0 Å². The van der Waals surface area contributed by atoms with E-state index in [9.17, 15) is 19.2 Å². The number of nitrogens with two attached hydrogens (primary N) is 4. The van der Waals surface area contributed by atoms with Crippen molar-refractivity contribution >= 4 is 36.5 Å². The van der Waals surface area contributed by atoms with Crippen LogP contribution in [0, 0.1) is 5.92 Å². The van der Waals surface area contributed by atoms with Gasteiger partial charge in [-0.15, -0.1) is 0 Å². The Kier molecular flexibility index (Phi) is 275. The van der Waals surface area contributed by atoms with Gasteiger partial charge < -0.3 is 80.6 Å². The second kappa shape index (κ2) is 158. The van der Waals surface area contributed by atoms with Gasteiger partial charge in [-0.1, -0.05) is 212 Å². The van der Waals surface area contributed by atoms with E-state index in [1.807, 2.05) is 55.4 Å². The molecule has 0 aromatic carbocycles. The highest BCUT2D eigenvalue weighted by Crippen LogP contribution is 2.14. The molecule has 70 heavy (non-hydrogen) atoms. The van der Waals surface area contributed by atoms with Crippen molar-refractivity contribution in [1.29, 1.82) is 0 Å². The number of aliphatic hydroxyl groups is 1. The molecule has 22 N–H and O–H groups in total. The molecule has 0 spiro atoms. The number of carbonyl (C=O) groups is 6. The topological polar surface area (TPSA) is 428 Å². The molecule has 0 fully saturated rings. The maximum Gasteiger partial charge on any atom is 0.236 e. The van der Waals surface area contributed by atoms with Gasteiger partial charge in [0, 0.05) is 25.8 Å². The van der Waals surface area contributed by atoms with E-state index < -0.39 is 11.9 Å². The first-order valence-electron chi connectivity index (χ1n) is 25.6. The fourth-order valence-corrected chi connectivity index (χ4v) is 4.09. The van der Waals surface area contributed by atoms with E-state index in [4.69, 9.17) is 26.2 Å². The molecule has 1 unspecified atom stereocenters. The van der Waals surface area contributed by atoms with E-state index in [2.05, 4.69) is 51.4 Å². The van der Waals surface area contributed by atoms with Crippen molar-refractivity contribution in [1.82, 2.24) is 5.32 Å². The summed E-state index contributed by atoms with van der Waals surface area (Å²) in [5.74, 6) is -0.251. The molecule has 0 aromatic heterocycles. The molecule has 18 nitrogen and oxygen atoms in total. The summed E-state index contributed by atoms with van der Waals surface area (Å²) in [6.07, 6.45) is 32.4. The number of rotatable bonds is 26. The van der Waals surface area contributed by atoms with Crippen LogP contribution in [0.25, 0.3) is 0 Å². The van der Waals surface area contributed by atoms with Crippen molar-refractivity contribution in [2.45, 2.75) is 271 Å². The number of nitrogens with one attached hydrogen (secondary N) is 1. The SMILES string of the molecule is CC.CC.CC.CC(=O)NCCCC[C@H](C)C(C)=O.CC=O.CC=O.CCC.CCC.CCCCCCCCCCCCCCCCCCCC=O.CCN.CN.NC(=O)C(N)CO.O.O.O.O.O.O. The third kappa shape index (κ3) is 244. The van der Waals surface area contributed by atoms with Crippen LogP contribution in [0.3, 0.4) is 0 Å². The standard InChI is InChI=1S/C20H40O.C10H19NO2.C3H8N2O2.2C3H8.C2H7N.2C2H4O.3C2H6.CH5N.6H2O/c1-2-3-4-5-6-7-8-9-10-11-12-13-14-15-16-17-18-19-20-21;1-8(9(2)12)6-4-5-7-11-10(3)13;4-2(1-6)3(5)7;2*1-3-2;3*1-2-3;4*1-2;;;;;;/h20H,2-19H2,1H3;8H,4-7H2,1-3H3,(H,11,13);2,6H,1,4H2,(H2,5,7);2*3H2,1-2H3;2-3H2,1H3;2*2H,1H3;3*1-2H3;2H2,1H3;6*1H2/t;8-;;;;;;;;;;;;;;;;/m.0................/s1. The van der Waals surface area contributed by atoms with Crippen LogP contribution in [-0.4, -0.2) is 107 Å². The van der Waals surface area contributed by atoms with E-state index in [0.717, 1.165) is 64.1 Å². The third-order valence-corrected chi connectivity index (χ3v) is 7.12. The van der Waals surface area contributed by atoms with Gasteiger partial charge in [-0.3, -0.25) is 14.4 Å². The number of Topliss-reactive ketones (excluding diaryl/α,β-unsaturated/α-hetero) is 1. The zero-order valence-electron chi connectivity index (χ0n) is 49.5. The predicted molar refractivity (Wildman–Crippen MR) is 307 cm³/mol. The molecule has 2 amide bonds. The van der Waals surface area contributed by atoms with Crippen LogP contribution < -0.4 is 28.3 Å². The molecule has 0 saturated carbocycles. The van der Waals surface area contributed by atoms with Crippen molar-refractivity contribution in [3.63, 3.8) is 0 Å². The van der Waals surface area contributed by atoms with Crippen molar-refractivity contribution in [2.24, 2.45) is 28.9 Å². The lowest BCUT2D eigenvalue weighted by Crippen LogP contribution is -2.39. The smallest absolute Gasteiger partial charge is 0.236 e. The van der Waals surface area contributed by atoms with E-state index in [-0.39, 0.29) is 57.1 Å². The second-order valence-electron chi connectivity index (χ2n) is 13.6. The van der Waals surface area contributed by atoms with Gasteiger partial charge in [0.05, 0.1) is 6.61 Å². The van der Waals surface area contributed by atoms with E-state index >= 15 is 0 Å². The first-order chi connectivity index (χ1) is 30.7. The predicted octanol–water partition coefficient (Wildman–Crippen LogP) is 7.45. The lowest BCUT2D eigenvalue weighted by atomic mass is 10.0. The number of hydrogen-bond acceptors (Lipinski definition) is 10. The van der Waals surface area contributed by atoms with Crippen LogP contribution in [-0.2, 0) is 28.8 Å². The largest absolute Gasteiger partial charge is 0.412 e. The van der Waals surface area contributed by atoms with Crippen molar-refractivity contribution in [3.8, 4) is 0 Å². The first kappa shape index (κ1) is 122. The lowest BCUT2D eigenvalue weighted by Gasteiger charge is -2.06. The fourth-order valence-electron chi connectivity index (χ4n) is 4.09. The van der Waals surface area contributed by atoms with E-state index in [0.29, 0.717) is 0 Å². The summed E-state index contributed by atoms with van der Waals surface area (Å²) in [6, 6.07) is -0.903. The minimum atomic E-state index is -0.903. The van der Waals surface area contributed by atoms with Crippen LogP contribution in [0.2, 0.25) is 0 Å². The maximum atomic E-state index is 10.8. The third-order valence-electron chi connectivity index (χ3n) is 7.12. The summed E-state index contributed by atoms with van der Waals surface area (Å²) < 4.78 is 0. The molecule has 0 bridgehead atoms. The molecule has 0 aromatic rings.